The molecule has 0 aromatic rings. The molecule has 0 aromatic heterocycles. The molecule has 0 saturated heterocycles. The Bertz CT molecular complexity index is 294. The molecule has 0 fully saturated rings. The van der Waals surface area contributed by atoms with Crippen molar-refractivity contribution in [1.82, 2.24) is 0 Å². The molecule has 2 rings (SSSR count). The van der Waals surface area contributed by atoms with Gasteiger partial charge in [0.2, 0.25) is 6.29 Å². The molecule has 1 aliphatic carbocycles. The molecule has 1 heterocycles. The van der Waals surface area contributed by atoms with E-state index < -0.39 is 0 Å². The van der Waals surface area contributed by atoms with Gasteiger partial charge < -0.3 is 9.47 Å². The van der Waals surface area contributed by atoms with Crippen LogP contribution in [0.15, 0.2) is 24.2 Å². The molecule has 15 heavy (non-hydrogen) atoms. The molecule has 2 nitrogen and oxygen atoms in total. The van der Waals surface area contributed by atoms with Gasteiger partial charge in [-0.1, -0.05) is 32.4 Å². The van der Waals surface area contributed by atoms with Crippen molar-refractivity contribution < 1.29 is 9.47 Å². The second-order valence-corrected chi connectivity index (χ2v) is 5.30. The van der Waals surface area contributed by atoms with Gasteiger partial charge >= 0.3 is 0 Å². The van der Waals surface area contributed by atoms with Gasteiger partial charge in [-0.2, -0.15) is 0 Å². The van der Waals surface area contributed by atoms with E-state index in [1.54, 1.807) is 12.5 Å². The zero-order valence-corrected chi connectivity index (χ0v) is 9.99. The van der Waals surface area contributed by atoms with Gasteiger partial charge in [0.25, 0.3) is 0 Å². The van der Waals surface area contributed by atoms with Gasteiger partial charge in [-0.3, -0.25) is 0 Å². The summed E-state index contributed by atoms with van der Waals surface area (Å²) in [6.45, 7) is 9.11. The first-order chi connectivity index (χ1) is 7.03. The van der Waals surface area contributed by atoms with Crippen molar-refractivity contribution in [1.29, 1.82) is 0 Å². The normalized spacial score (nSPS) is 34.5. The molecule has 0 saturated carbocycles. The fourth-order valence-corrected chi connectivity index (χ4v) is 2.66. The zero-order chi connectivity index (χ0) is 11.1. The molecule has 2 heteroatoms. The number of ether oxygens (including phenoxy) is 2. The standard InChI is InChI=1S/C13H20O2/c1-9-5-6-10(2)13(3,4)11(9)12-14-7-8-15-12/h5,7-8,10-12H,6H2,1-4H3/t10-,11-/m0/s1. The average Bonchev–Trinajstić information content (AvgIpc) is 2.65. The first-order valence-corrected chi connectivity index (χ1v) is 5.66. The minimum Gasteiger partial charge on any atom is -0.459 e. The minimum absolute atomic E-state index is 0.126. The summed E-state index contributed by atoms with van der Waals surface area (Å²) in [5.74, 6) is 1.02. The summed E-state index contributed by atoms with van der Waals surface area (Å²) in [4.78, 5) is 0. The van der Waals surface area contributed by atoms with Crippen molar-refractivity contribution in [2.45, 2.75) is 40.4 Å². The molecule has 0 amide bonds. The number of allylic oxidation sites excluding steroid dienone is 1. The summed E-state index contributed by atoms with van der Waals surface area (Å²) in [5.41, 5.74) is 1.63. The van der Waals surface area contributed by atoms with Gasteiger partial charge in [-0.25, -0.2) is 0 Å². The van der Waals surface area contributed by atoms with Crippen LogP contribution in [0.3, 0.4) is 0 Å². The van der Waals surface area contributed by atoms with E-state index in [1.165, 1.54) is 5.57 Å². The van der Waals surface area contributed by atoms with Crippen molar-refractivity contribution in [2.75, 3.05) is 0 Å². The molecular weight excluding hydrogens is 188 g/mol. The predicted molar refractivity (Wildman–Crippen MR) is 59.9 cm³/mol. The molecule has 0 bridgehead atoms. The van der Waals surface area contributed by atoms with Crippen LogP contribution in [-0.2, 0) is 9.47 Å². The van der Waals surface area contributed by atoms with Crippen molar-refractivity contribution in [3.05, 3.63) is 24.2 Å². The lowest BCUT2D eigenvalue weighted by Crippen LogP contribution is -2.42. The van der Waals surface area contributed by atoms with E-state index in [-0.39, 0.29) is 11.7 Å². The number of hydrogen-bond donors (Lipinski definition) is 0. The highest BCUT2D eigenvalue weighted by Crippen LogP contribution is 2.47. The van der Waals surface area contributed by atoms with Crippen LogP contribution in [0.4, 0.5) is 0 Å². The second-order valence-electron chi connectivity index (χ2n) is 5.30. The van der Waals surface area contributed by atoms with Crippen molar-refractivity contribution >= 4 is 0 Å². The Morgan fingerprint density at radius 1 is 1.27 bits per heavy atom. The fourth-order valence-electron chi connectivity index (χ4n) is 2.66. The highest BCUT2D eigenvalue weighted by atomic mass is 16.7. The van der Waals surface area contributed by atoms with Gasteiger partial charge in [0.1, 0.15) is 12.5 Å². The van der Waals surface area contributed by atoms with Crippen LogP contribution in [-0.4, -0.2) is 6.29 Å². The second kappa shape index (κ2) is 3.58. The summed E-state index contributed by atoms with van der Waals surface area (Å²) >= 11 is 0. The highest BCUT2D eigenvalue weighted by Gasteiger charge is 2.44. The lowest BCUT2D eigenvalue weighted by Gasteiger charge is -2.44. The first-order valence-electron chi connectivity index (χ1n) is 5.66. The van der Waals surface area contributed by atoms with Crippen LogP contribution in [0.2, 0.25) is 0 Å². The summed E-state index contributed by atoms with van der Waals surface area (Å²) in [6, 6.07) is 0. The molecule has 1 aliphatic heterocycles. The summed E-state index contributed by atoms with van der Waals surface area (Å²) in [7, 11) is 0. The van der Waals surface area contributed by atoms with Gasteiger partial charge in [-0.15, -0.1) is 0 Å². The van der Waals surface area contributed by atoms with Crippen LogP contribution in [0.25, 0.3) is 0 Å². The number of rotatable bonds is 1. The molecule has 2 atom stereocenters. The van der Waals surface area contributed by atoms with Gasteiger partial charge in [0, 0.05) is 0 Å². The molecule has 2 aliphatic rings. The molecular formula is C13H20O2. The van der Waals surface area contributed by atoms with Gasteiger partial charge in [0.15, 0.2) is 0 Å². The zero-order valence-electron chi connectivity index (χ0n) is 9.99. The molecule has 0 aromatic carbocycles. The summed E-state index contributed by atoms with van der Waals surface area (Å²) in [6.07, 6.45) is 6.65. The molecule has 84 valence electrons. The monoisotopic (exact) mass is 208 g/mol. The van der Waals surface area contributed by atoms with E-state index >= 15 is 0 Å². The fraction of sp³-hybridized carbons (Fsp3) is 0.692. The van der Waals surface area contributed by atoms with E-state index in [2.05, 4.69) is 33.8 Å². The molecule has 0 radical (unpaired) electrons. The van der Waals surface area contributed by atoms with Crippen molar-refractivity contribution in [3.8, 4) is 0 Å². The Hall–Kier alpha value is -0.920. The minimum atomic E-state index is -0.126. The van der Waals surface area contributed by atoms with Gasteiger partial charge in [-0.05, 0) is 24.7 Å². The molecule has 0 unspecified atom stereocenters. The lowest BCUT2D eigenvalue weighted by molar-refractivity contribution is -0.102. The Labute approximate surface area is 92.0 Å². The average molecular weight is 208 g/mol. The van der Waals surface area contributed by atoms with Gasteiger partial charge in [0.05, 0.1) is 5.92 Å². The van der Waals surface area contributed by atoms with E-state index in [4.69, 9.17) is 9.47 Å². The SMILES string of the molecule is CC1=CC[C@H](C)C(C)(C)[C@@H]1C1OC=CO1. The Morgan fingerprint density at radius 2 is 1.87 bits per heavy atom. The van der Waals surface area contributed by atoms with Crippen LogP contribution in [0.5, 0.6) is 0 Å². The number of hydrogen-bond acceptors (Lipinski definition) is 2. The van der Waals surface area contributed by atoms with Crippen molar-refractivity contribution in [3.63, 3.8) is 0 Å². The lowest BCUT2D eigenvalue weighted by atomic mass is 9.63. The third-order valence-electron chi connectivity index (χ3n) is 4.11. The van der Waals surface area contributed by atoms with Crippen LogP contribution < -0.4 is 0 Å². The van der Waals surface area contributed by atoms with E-state index in [0.29, 0.717) is 11.8 Å². The first kappa shape index (κ1) is 10.6. The third kappa shape index (κ3) is 1.66. The quantitative estimate of drug-likeness (QED) is 0.614. The maximum absolute atomic E-state index is 5.50. The van der Waals surface area contributed by atoms with Crippen molar-refractivity contribution in [2.24, 2.45) is 17.3 Å². The van der Waals surface area contributed by atoms with Crippen LogP contribution in [0.1, 0.15) is 34.1 Å². The smallest absolute Gasteiger partial charge is 0.246 e. The Balaban J connectivity index is 2.25. The Morgan fingerprint density at radius 3 is 2.47 bits per heavy atom. The van der Waals surface area contributed by atoms with Crippen LogP contribution in [0, 0.1) is 17.3 Å². The Kier molecular flexibility index (Phi) is 2.53. The topological polar surface area (TPSA) is 18.5 Å². The largest absolute Gasteiger partial charge is 0.459 e. The maximum Gasteiger partial charge on any atom is 0.246 e. The van der Waals surface area contributed by atoms with E-state index in [1.807, 2.05) is 0 Å². The third-order valence-corrected chi connectivity index (χ3v) is 4.11. The molecule has 0 N–H and O–H groups in total. The maximum atomic E-state index is 5.50. The van der Waals surface area contributed by atoms with E-state index in [9.17, 15) is 0 Å². The highest BCUT2D eigenvalue weighted by molar-refractivity contribution is 5.15. The van der Waals surface area contributed by atoms with Crippen LogP contribution >= 0.6 is 0 Å². The molecule has 0 spiro atoms. The predicted octanol–water partition coefficient (Wildman–Crippen LogP) is 3.46. The summed E-state index contributed by atoms with van der Waals surface area (Å²) < 4.78 is 11.0. The van der Waals surface area contributed by atoms with E-state index in [0.717, 1.165) is 6.42 Å². The summed E-state index contributed by atoms with van der Waals surface area (Å²) in [5, 5.41) is 0.